The third kappa shape index (κ3) is 9.96. The Bertz CT molecular complexity index is 327. The van der Waals surface area contributed by atoms with E-state index in [1.165, 1.54) is 19.3 Å². The number of unbranched alkanes of at least 4 members (excludes halogenated alkanes) is 6. The van der Waals surface area contributed by atoms with Crippen LogP contribution in [0.4, 0.5) is 0 Å². The molecule has 1 aliphatic rings. The molecule has 22 heavy (non-hydrogen) atoms. The smallest absolute Gasteiger partial charge is 0.303 e. The maximum Gasteiger partial charge on any atom is 0.303 e. The van der Waals surface area contributed by atoms with E-state index in [0.29, 0.717) is 6.10 Å². The number of rotatable bonds is 14. The lowest BCUT2D eigenvalue weighted by Crippen LogP contribution is -2.02. The van der Waals surface area contributed by atoms with Crippen molar-refractivity contribution in [3.05, 3.63) is 12.2 Å². The number of aliphatic hydroxyl groups is 1. The van der Waals surface area contributed by atoms with Crippen molar-refractivity contribution in [2.45, 2.75) is 95.9 Å². The van der Waals surface area contributed by atoms with Crippen LogP contribution in [-0.2, 0) is 9.53 Å². The number of carboxylic acids is 1. The van der Waals surface area contributed by atoms with E-state index in [2.05, 4.69) is 6.92 Å². The zero-order valence-corrected chi connectivity index (χ0v) is 13.9. The maximum atomic E-state index is 10.4. The molecule has 0 amide bonds. The fourth-order valence-electron chi connectivity index (χ4n) is 2.65. The average molecular weight is 312 g/mol. The largest absolute Gasteiger partial charge is 0.481 e. The van der Waals surface area contributed by atoms with E-state index >= 15 is 0 Å². The van der Waals surface area contributed by atoms with Crippen LogP contribution in [0, 0.1) is 0 Å². The molecule has 4 heteroatoms. The van der Waals surface area contributed by atoms with Crippen LogP contribution >= 0.6 is 0 Å². The molecule has 3 unspecified atom stereocenters. The van der Waals surface area contributed by atoms with Crippen molar-refractivity contribution in [1.82, 2.24) is 0 Å². The third-order valence-corrected chi connectivity index (χ3v) is 4.13. The number of hydrogen-bond acceptors (Lipinski definition) is 3. The van der Waals surface area contributed by atoms with Gasteiger partial charge >= 0.3 is 5.97 Å². The number of aliphatic hydroxyl groups excluding tert-OH is 1. The van der Waals surface area contributed by atoms with Gasteiger partial charge in [-0.2, -0.15) is 0 Å². The minimum atomic E-state index is -0.712. The van der Waals surface area contributed by atoms with E-state index in [4.69, 9.17) is 9.84 Å². The molecule has 4 nitrogen and oxygen atoms in total. The van der Waals surface area contributed by atoms with Gasteiger partial charge in [-0.25, -0.2) is 0 Å². The van der Waals surface area contributed by atoms with Crippen molar-refractivity contribution in [3.8, 4) is 0 Å². The summed E-state index contributed by atoms with van der Waals surface area (Å²) in [6.45, 7) is 2.20. The van der Waals surface area contributed by atoms with Gasteiger partial charge in [-0.05, 0) is 19.3 Å². The molecule has 1 saturated heterocycles. The van der Waals surface area contributed by atoms with Crippen LogP contribution in [-0.4, -0.2) is 34.5 Å². The Morgan fingerprint density at radius 3 is 2.59 bits per heavy atom. The van der Waals surface area contributed by atoms with Gasteiger partial charge in [0, 0.05) is 6.42 Å². The molecule has 1 rings (SSSR count). The molecule has 0 aliphatic carbocycles. The highest BCUT2D eigenvalue weighted by Crippen LogP contribution is 2.28. The summed E-state index contributed by atoms with van der Waals surface area (Å²) in [6.07, 6.45) is 14.9. The normalized spacial score (nSPS) is 22.1. The molecule has 0 bridgehead atoms. The molecular weight excluding hydrogens is 280 g/mol. The topological polar surface area (TPSA) is 70.1 Å². The first-order chi connectivity index (χ1) is 10.6. The number of epoxide rings is 1. The predicted molar refractivity (Wildman–Crippen MR) is 87.9 cm³/mol. The molecule has 1 aliphatic heterocycles. The molecule has 2 N–H and O–H groups in total. The van der Waals surface area contributed by atoms with E-state index in [1.54, 1.807) is 0 Å². The van der Waals surface area contributed by atoms with Gasteiger partial charge in [0.05, 0.1) is 12.2 Å². The Hall–Kier alpha value is -0.870. The molecule has 128 valence electrons. The SMILES string of the molecule is CCCCCC1OC1/C=C/C(O)CCCCCCCC(=O)O. The highest BCUT2D eigenvalue weighted by molar-refractivity contribution is 5.66. The maximum absolute atomic E-state index is 10.4. The van der Waals surface area contributed by atoms with Gasteiger partial charge in [0.2, 0.25) is 0 Å². The van der Waals surface area contributed by atoms with Crippen LogP contribution in [0.1, 0.15) is 77.6 Å². The van der Waals surface area contributed by atoms with Gasteiger partial charge in [-0.3, -0.25) is 4.79 Å². The molecule has 0 radical (unpaired) electrons. The van der Waals surface area contributed by atoms with Crippen LogP contribution in [0.5, 0.6) is 0 Å². The second-order valence-electron chi connectivity index (χ2n) is 6.29. The molecule has 0 spiro atoms. The Labute approximate surface area is 134 Å². The van der Waals surface area contributed by atoms with E-state index in [1.807, 2.05) is 12.2 Å². The Balaban J connectivity index is 1.92. The fraction of sp³-hybridized carbons (Fsp3) is 0.833. The zero-order chi connectivity index (χ0) is 16.2. The van der Waals surface area contributed by atoms with Crippen molar-refractivity contribution in [3.63, 3.8) is 0 Å². The van der Waals surface area contributed by atoms with Gasteiger partial charge in [0.25, 0.3) is 0 Å². The number of ether oxygens (including phenoxy) is 1. The average Bonchev–Trinajstić information content (AvgIpc) is 3.22. The van der Waals surface area contributed by atoms with Crippen LogP contribution in [0.2, 0.25) is 0 Å². The number of carbonyl (C=O) groups is 1. The molecular formula is C18H32O4. The fourth-order valence-corrected chi connectivity index (χ4v) is 2.65. The molecule has 1 fully saturated rings. The van der Waals surface area contributed by atoms with Crippen molar-refractivity contribution < 1.29 is 19.7 Å². The van der Waals surface area contributed by atoms with Gasteiger partial charge in [-0.1, -0.05) is 64.0 Å². The zero-order valence-electron chi connectivity index (χ0n) is 13.9. The molecule has 0 aromatic rings. The number of aliphatic carboxylic acids is 1. The molecule has 0 aromatic carbocycles. The van der Waals surface area contributed by atoms with Gasteiger partial charge in [0.15, 0.2) is 0 Å². The Morgan fingerprint density at radius 2 is 1.86 bits per heavy atom. The summed E-state index contributed by atoms with van der Waals surface area (Å²) in [5.74, 6) is -0.712. The quantitative estimate of drug-likeness (QED) is 0.288. The number of hydrogen-bond donors (Lipinski definition) is 2. The third-order valence-electron chi connectivity index (χ3n) is 4.13. The summed E-state index contributed by atoms with van der Waals surface area (Å²) in [7, 11) is 0. The Kier molecular flexibility index (Phi) is 10.2. The van der Waals surface area contributed by atoms with Crippen molar-refractivity contribution in [2.24, 2.45) is 0 Å². The standard InChI is InChI=1S/C18H32O4/c1-2-3-7-11-16-17(22-16)14-13-15(19)10-8-5-4-6-9-12-18(20)21/h13-17,19H,2-12H2,1H3,(H,20,21)/b14-13+. The molecule has 0 saturated carbocycles. The lowest BCUT2D eigenvalue weighted by Gasteiger charge is -2.05. The second-order valence-corrected chi connectivity index (χ2v) is 6.29. The van der Waals surface area contributed by atoms with Crippen LogP contribution in [0.25, 0.3) is 0 Å². The first-order valence-electron chi connectivity index (χ1n) is 8.87. The van der Waals surface area contributed by atoms with Gasteiger partial charge < -0.3 is 14.9 Å². The summed E-state index contributed by atoms with van der Waals surface area (Å²) < 4.78 is 5.56. The lowest BCUT2D eigenvalue weighted by molar-refractivity contribution is -0.137. The molecule has 3 atom stereocenters. The monoisotopic (exact) mass is 312 g/mol. The molecule has 0 aromatic heterocycles. The molecule has 1 heterocycles. The van der Waals surface area contributed by atoms with Crippen LogP contribution < -0.4 is 0 Å². The first-order valence-corrected chi connectivity index (χ1v) is 8.87. The van der Waals surface area contributed by atoms with E-state index in [9.17, 15) is 9.90 Å². The minimum absolute atomic E-state index is 0.225. The van der Waals surface area contributed by atoms with Gasteiger partial charge in [0.1, 0.15) is 6.10 Å². The van der Waals surface area contributed by atoms with Crippen molar-refractivity contribution in [1.29, 1.82) is 0 Å². The first kappa shape index (κ1) is 19.2. The predicted octanol–water partition coefficient (Wildman–Crippen LogP) is 4.07. The van der Waals surface area contributed by atoms with E-state index < -0.39 is 5.97 Å². The van der Waals surface area contributed by atoms with Crippen molar-refractivity contribution in [2.75, 3.05) is 0 Å². The van der Waals surface area contributed by atoms with Crippen LogP contribution in [0.15, 0.2) is 12.2 Å². The lowest BCUT2D eigenvalue weighted by atomic mass is 10.1. The van der Waals surface area contributed by atoms with Gasteiger partial charge in [-0.15, -0.1) is 0 Å². The number of carboxylic acid groups (broad SMARTS) is 1. The minimum Gasteiger partial charge on any atom is -0.481 e. The Morgan fingerprint density at radius 1 is 1.14 bits per heavy atom. The summed E-state index contributed by atoms with van der Waals surface area (Å²) in [5.41, 5.74) is 0. The van der Waals surface area contributed by atoms with Crippen molar-refractivity contribution >= 4 is 5.97 Å². The highest BCUT2D eigenvalue weighted by Gasteiger charge is 2.35. The van der Waals surface area contributed by atoms with E-state index in [0.717, 1.165) is 44.9 Å². The van der Waals surface area contributed by atoms with Crippen LogP contribution in [0.3, 0.4) is 0 Å². The van der Waals surface area contributed by atoms with E-state index in [-0.39, 0.29) is 18.6 Å². The second kappa shape index (κ2) is 11.7. The summed E-state index contributed by atoms with van der Waals surface area (Å²) >= 11 is 0. The summed E-state index contributed by atoms with van der Waals surface area (Å²) in [4.78, 5) is 10.4. The highest BCUT2D eigenvalue weighted by atomic mass is 16.6. The summed E-state index contributed by atoms with van der Waals surface area (Å²) in [6, 6.07) is 0. The summed E-state index contributed by atoms with van der Waals surface area (Å²) in [5, 5.41) is 18.4.